The largest absolute Gasteiger partial charge is 0.609 e. The van der Waals surface area contributed by atoms with E-state index in [9.17, 15) is 4.55 Å². The second kappa shape index (κ2) is 8.50. The van der Waals surface area contributed by atoms with Crippen molar-refractivity contribution in [3.8, 4) is 5.75 Å². The third kappa shape index (κ3) is 3.80. The summed E-state index contributed by atoms with van der Waals surface area (Å²) in [6, 6.07) is 16.3. The summed E-state index contributed by atoms with van der Waals surface area (Å²) in [4.78, 5) is 9.21. The summed E-state index contributed by atoms with van der Waals surface area (Å²) in [5.74, 6) is 1.04. The summed E-state index contributed by atoms with van der Waals surface area (Å²) in [5, 5.41) is 0.450. The standard InChI is InChI=1S/C24H24N3O2S/c1-16-14-25-20(17(2)23(16)29-4)15-30(28)24-26-22-19(11-8-12-21(22)27(24)3)13-18-9-6-5-7-10-18/h5-12,14H,3,13,15H2,1-2,4H3. The fourth-order valence-electron chi connectivity index (χ4n) is 3.72. The molecule has 2 aromatic carbocycles. The van der Waals surface area contributed by atoms with Gasteiger partial charge in [-0.2, -0.15) is 4.98 Å². The van der Waals surface area contributed by atoms with E-state index >= 15 is 0 Å². The van der Waals surface area contributed by atoms with Crippen molar-refractivity contribution in [2.75, 3.05) is 7.11 Å². The number of aryl methyl sites for hydroxylation is 1. The number of ether oxygens (including phenoxy) is 1. The van der Waals surface area contributed by atoms with E-state index in [1.807, 2.05) is 44.2 Å². The summed E-state index contributed by atoms with van der Waals surface area (Å²) in [5.41, 5.74) is 6.61. The molecule has 2 aromatic heterocycles. The molecule has 0 saturated carbocycles. The summed E-state index contributed by atoms with van der Waals surface area (Å²) >= 11 is -1.39. The zero-order valence-electron chi connectivity index (χ0n) is 17.4. The third-order valence-corrected chi connectivity index (χ3v) is 6.54. The van der Waals surface area contributed by atoms with Crippen molar-refractivity contribution >= 4 is 22.2 Å². The van der Waals surface area contributed by atoms with Crippen molar-refractivity contribution in [2.45, 2.75) is 31.2 Å². The molecule has 5 nitrogen and oxygen atoms in total. The third-order valence-electron chi connectivity index (χ3n) is 5.29. The van der Waals surface area contributed by atoms with Crippen molar-refractivity contribution in [1.29, 1.82) is 0 Å². The van der Waals surface area contributed by atoms with Crippen LogP contribution in [-0.2, 0) is 23.3 Å². The number of para-hydroxylation sites is 1. The second-order valence-corrected chi connectivity index (χ2v) is 8.65. The Morgan fingerprint density at radius 3 is 2.60 bits per heavy atom. The van der Waals surface area contributed by atoms with Gasteiger partial charge in [-0.05, 0) is 37.5 Å². The maximum atomic E-state index is 13.2. The molecule has 0 saturated heterocycles. The Morgan fingerprint density at radius 2 is 1.87 bits per heavy atom. The average Bonchev–Trinajstić information content (AvgIpc) is 3.09. The zero-order chi connectivity index (χ0) is 21.3. The van der Waals surface area contributed by atoms with Crippen LogP contribution in [0.3, 0.4) is 0 Å². The minimum Gasteiger partial charge on any atom is -0.609 e. The summed E-state index contributed by atoms with van der Waals surface area (Å²) in [6.07, 6.45) is 2.51. The van der Waals surface area contributed by atoms with Gasteiger partial charge in [-0.1, -0.05) is 42.5 Å². The Labute approximate surface area is 179 Å². The zero-order valence-corrected chi connectivity index (χ0v) is 18.2. The maximum absolute atomic E-state index is 13.2. The van der Waals surface area contributed by atoms with Crippen molar-refractivity contribution < 1.29 is 9.29 Å². The van der Waals surface area contributed by atoms with Crippen molar-refractivity contribution in [2.24, 2.45) is 0 Å². The van der Waals surface area contributed by atoms with E-state index in [2.05, 4.69) is 30.2 Å². The number of pyridine rings is 1. The highest BCUT2D eigenvalue weighted by atomic mass is 32.2. The van der Waals surface area contributed by atoms with Crippen LogP contribution in [-0.4, -0.2) is 26.2 Å². The lowest BCUT2D eigenvalue weighted by Crippen LogP contribution is -2.13. The summed E-state index contributed by atoms with van der Waals surface area (Å²) in [7, 11) is 5.74. The Balaban J connectivity index is 1.68. The molecule has 6 heteroatoms. The molecule has 0 aliphatic heterocycles. The van der Waals surface area contributed by atoms with Crippen molar-refractivity contribution in [1.82, 2.24) is 14.5 Å². The van der Waals surface area contributed by atoms with E-state index < -0.39 is 11.2 Å². The number of benzene rings is 2. The Morgan fingerprint density at radius 1 is 1.10 bits per heavy atom. The molecule has 1 radical (unpaired) electrons. The van der Waals surface area contributed by atoms with Crippen LogP contribution in [0.1, 0.15) is 27.9 Å². The molecular weight excluding hydrogens is 394 g/mol. The Bertz CT molecular complexity index is 1190. The summed E-state index contributed by atoms with van der Waals surface area (Å²) in [6.45, 7) is 3.89. The second-order valence-electron chi connectivity index (χ2n) is 7.31. The molecule has 1 unspecified atom stereocenters. The first kappa shape index (κ1) is 20.4. The molecule has 0 aliphatic rings. The first-order chi connectivity index (χ1) is 14.5. The van der Waals surface area contributed by atoms with Crippen LogP contribution in [0, 0.1) is 20.9 Å². The van der Waals surface area contributed by atoms with E-state index in [1.165, 1.54) is 5.56 Å². The van der Waals surface area contributed by atoms with Crippen LogP contribution in [0.2, 0.25) is 0 Å². The van der Waals surface area contributed by atoms with E-state index in [0.717, 1.165) is 45.6 Å². The minimum absolute atomic E-state index is 0.259. The van der Waals surface area contributed by atoms with E-state index in [0.29, 0.717) is 5.16 Å². The molecule has 0 N–H and O–H groups in total. The normalized spacial score (nSPS) is 12.3. The highest BCUT2D eigenvalue weighted by Crippen LogP contribution is 2.29. The van der Waals surface area contributed by atoms with Crippen LogP contribution in [0.4, 0.5) is 0 Å². The predicted molar refractivity (Wildman–Crippen MR) is 120 cm³/mol. The molecule has 4 rings (SSSR count). The lowest BCUT2D eigenvalue weighted by Gasteiger charge is -2.14. The molecular formula is C24H24N3O2S. The number of hydrogen-bond acceptors (Lipinski definition) is 4. The molecule has 0 fully saturated rings. The first-order valence-electron chi connectivity index (χ1n) is 9.72. The van der Waals surface area contributed by atoms with Crippen LogP contribution in [0.25, 0.3) is 11.0 Å². The monoisotopic (exact) mass is 418 g/mol. The van der Waals surface area contributed by atoms with Gasteiger partial charge in [-0.15, -0.1) is 0 Å². The first-order valence-corrected chi connectivity index (χ1v) is 11.0. The molecule has 30 heavy (non-hydrogen) atoms. The number of nitrogens with zero attached hydrogens (tertiary/aromatic N) is 3. The van der Waals surface area contributed by atoms with E-state index in [4.69, 9.17) is 9.72 Å². The average molecular weight is 419 g/mol. The van der Waals surface area contributed by atoms with Crippen LogP contribution in [0.5, 0.6) is 5.75 Å². The van der Waals surface area contributed by atoms with E-state index in [-0.39, 0.29) is 5.75 Å². The lowest BCUT2D eigenvalue weighted by atomic mass is 10.0. The Kier molecular flexibility index (Phi) is 5.79. The van der Waals surface area contributed by atoms with Gasteiger partial charge in [0.1, 0.15) is 5.75 Å². The number of rotatable bonds is 6. The number of fused-ring (bicyclic) bond motifs is 1. The Hall–Kier alpha value is -2.83. The molecule has 0 spiro atoms. The SMILES string of the molecule is [CH2]n1c([S+]([O-])Cc2ncc(C)c(OC)c2C)nc2c(Cc3ccccc3)cccc21. The molecule has 0 aliphatic carbocycles. The van der Waals surface area contributed by atoms with Gasteiger partial charge in [0.05, 0.1) is 23.8 Å². The molecule has 153 valence electrons. The van der Waals surface area contributed by atoms with Crippen molar-refractivity contribution in [3.63, 3.8) is 0 Å². The molecule has 0 bridgehead atoms. The van der Waals surface area contributed by atoms with Crippen LogP contribution < -0.4 is 4.74 Å². The van der Waals surface area contributed by atoms with Crippen LogP contribution >= 0.6 is 0 Å². The fraction of sp³-hybridized carbons (Fsp3) is 0.208. The fourth-order valence-corrected chi connectivity index (χ4v) is 4.93. The minimum atomic E-state index is -1.39. The van der Waals surface area contributed by atoms with Gasteiger partial charge in [0.15, 0.2) is 5.75 Å². The van der Waals surface area contributed by atoms with Gasteiger partial charge in [0.2, 0.25) is 0 Å². The molecule has 2 heterocycles. The molecule has 1 atom stereocenters. The number of imidazole rings is 1. The molecule has 4 aromatic rings. The van der Waals surface area contributed by atoms with Crippen molar-refractivity contribution in [3.05, 3.63) is 89.7 Å². The number of hydrogen-bond donors (Lipinski definition) is 0. The van der Waals surface area contributed by atoms with Gasteiger partial charge >= 0.3 is 5.16 Å². The number of aromatic nitrogens is 3. The highest BCUT2D eigenvalue weighted by molar-refractivity contribution is 7.90. The van der Waals surface area contributed by atoms with Gasteiger partial charge in [-0.25, -0.2) is 0 Å². The van der Waals surface area contributed by atoms with Crippen LogP contribution in [0.15, 0.2) is 59.9 Å². The summed E-state index contributed by atoms with van der Waals surface area (Å²) < 4.78 is 20.4. The predicted octanol–water partition coefficient (Wildman–Crippen LogP) is 4.60. The lowest BCUT2D eigenvalue weighted by molar-refractivity contribution is 0.407. The van der Waals surface area contributed by atoms with Gasteiger partial charge in [0, 0.05) is 35.5 Å². The van der Waals surface area contributed by atoms with E-state index in [1.54, 1.807) is 17.9 Å². The maximum Gasteiger partial charge on any atom is 0.324 e. The van der Waals surface area contributed by atoms with Gasteiger partial charge in [-0.3, -0.25) is 9.55 Å². The number of methoxy groups -OCH3 is 1. The highest BCUT2D eigenvalue weighted by Gasteiger charge is 2.24. The topological polar surface area (TPSA) is 63.0 Å². The van der Waals surface area contributed by atoms with Gasteiger partial charge < -0.3 is 9.29 Å². The quantitative estimate of drug-likeness (QED) is 0.430. The van der Waals surface area contributed by atoms with Gasteiger partial charge in [0.25, 0.3) is 0 Å². The molecule has 0 amide bonds. The smallest absolute Gasteiger partial charge is 0.324 e.